The van der Waals surface area contributed by atoms with Crippen molar-refractivity contribution in [1.29, 1.82) is 0 Å². The summed E-state index contributed by atoms with van der Waals surface area (Å²) in [5, 5.41) is 9.92. The third kappa shape index (κ3) is 5.72. The highest BCUT2D eigenvalue weighted by molar-refractivity contribution is 7.82. The van der Waals surface area contributed by atoms with Gasteiger partial charge in [-0.15, -0.1) is 12.6 Å². The minimum atomic E-state index is -2.00. The fraction of sp³-hybridized carbons (Fsp3) is 0.529. The number of amides is 1. The number of unbranched alkanes of at least 4 members (excludes halogenated alkanes) is 2. The molecule has 13 heteroatoms. The van der Waals surface area contributed by atoms with Crippen molar-refractivity contribution in [2.75, 3.05) is 18.1 Å². The molecule has 2 aromatic rings. The summed E-state index contributed by atoms with van der Waals surface area (Å²) >= 11 is 4.33. The number of carbonyl (C=O) groups excluding carboxylic acids is 1. The van der Waals surface area contributed by atoms with E-state index in [-0.39, 0.29) is 43.5 Å². The highest BCUT2D eigenvalue weighted by Gasteiger charge is 2.47. The number of nitrogens with two attached hydrogens (primary N) is 2. The van der Waals surface area contributed by atoms with Gasteiger partial charge in [0, 0.05) is 6.54 Å². The quantitative estimate of drug-likeness (QED) is 0.113. The van der Waals surface area contributed by atoms with E-state index in [0.29, 0.717) is 11.9 Å². The molecule has 2 aromatic heterocycles. The lowest BCUT2D eigenvalue weighted by molar-refractivity contribution is -0.140. The van der Waals surface area contributed by atoms with Gasteiger partial charge in [0.25, 0.3) is 0 Å². The average Bonchev–Trinajstić information content (AvgIpc) is 3.16. The number of anilines is 1. The standard InChI is InChI=1S/C17H26N8O4S/c1-2-3-4-8-29-16(28)25(15-21-9-11-12(24-15)23-10-22-11)17(30,13(26)27)6-5-7-20-14(18)19/h9-10,30H,2-8H2,1H3,(H,26,27)(H4,18,19,20)(H,21,22,23,24)/t17-/m0/s1. The number of nitrogens with zero attached hydrogens (tertiary/aromatic N) is 5. The number of aromatic nitrogens is 4. The summed E-state index contributed by atoms with van der Waals surface area (Å²) in [6, 6.07) is 0. The van der Waals surface area contributed by atoms with Crippen LogP contribution >= 0.6 is 12.6 Å². The van der Waals surface area contributed by atoms with E-state index in [1.54, 1.807) is 0 Å². The Hall–Kier alpha value is -3.09. The van der Waals surface area contributed by atoms with Crippen molar-refractivity contribution in [3.05, 3.63) is 12.5 Å². The zero-order valence-electron chi connectivity index (χ0n) is 16.6. The summed E-state index contributed by atoms with van der Waals surface area (Å²) in [7, 11) is 0. The third-order valence-corrected chi connectivity index (χ3v) is 4.82. The fourth-order valence-electron chi connectivity index (χ4n) is 2.66. The summed E-state index contributed by atoms with van der Waals surface area (Å²) in [5.41, 5.74) is 11.4. The first kappa shape index (κ1) is 23.2. The lowest BCUT2D eigenvalue weighted by Crippen LogP contribution is -2.55. The maximum Gasteiger partial charge on any atom is 0.418 e. The van der Waals surface area contributed by atoms with Crippen molar-refractivity contribution < 1.29 is 19.4 Å². The largest absolute Gasteiger partial charge is 0.479 e. The Morgan fingerprint density at radius 3 is 2.77 bits per heavy atom. The van der Waals surface area contributed by atoms with Crippen molar-refractivity contribution in [2.24, 2.45) is 16.5 Å². The van der Waals surface area contributed by atoms with Gasteiger partial charge in [0.2, 0.25) is 5.95 Å². The Bertz CT molecular complexity index is 901. The van der Waals surface area contributed by atoms with Gasteiger partial charge in [0.1, 0.15) is 5.52 Å². The van der Waals surface area contributed by atoms with Crippen LogP contribution in [0.15, 0.2) is 17.5 Å². The van der Waals surface area contributed by atoms with E-state index in [9.17, 15) is 14.7 Å². The van der Waals surface area contributed by atoms with Crippen LogP contribution in [0.4, 0.5) is 10.7 Å². The first-order chi connectivity index (χ1) is 14.3. The van der Waals surface area contributed by atoms with Gasteiger partial charge in [-0.25, -0.2) is 24.5 Å². The Morgan fingerprint density at radius 2 is 2.10 bits per heavy atom. The Kier molecular flexibility index (Phi) is 8.21. The molecule has 1 amide bonds. The maximum absolute atomic E-state index is 12.9. The molecule has 0 aliphatic carbocycles. The van der Waals surface area contributed by atoms with Crippen molar-refractivity contribution in [3.63, 3.8) is 0 Å². The predicted octanol–water partition coefficient (Wildman–Crippen LogP) is 1.25. The molecule has 1 atom stereocenters. The number of nitrogens with one attached hydrogen (secondary N) is 1. The molecule has 12 nitrogen and oxygen atoms in total. The fourth-order valence-corrected chi connectivity index (χ4v) is 2.99. The molecule has 2 rings (SSSR count). The number of hydrogen-bond acceptors (Lipinski definition) is 8. The number of guanidine groups is 1. The molecule has 6 N–H and O–H groups in total. The first-order valence-corrected chi connectivity index (χ1v) is 9.88. The minimum Gasteiger partial charge on any atom is -0.479 e. The lowest BCUT2D eigenvalue weighted by atomic mass is 10.1. The Labute approximate surface area is 178 Å². The second kappa shape index (κ2) is 10.6. The molecule has 0 saturated carbocycles. The van der Waals surface area contributed by atoms with Gasteiger partial charge in [-0.1, -0.05) is 19.8 Å². The summed E-state index contributed by atoms with van der Waals surface area (Å²) in [4.78, 5) is 42.9. The van der Waals surface area contributed by atoms with Crippen LogP contribution in [-0.2, 0) is 9.53 Å². The van der Waals surface area contributed by atoms with Crippen LogP contribution < -0.4 is 16.4 Å². The molecule has 0 aliphatic rings. The van der Waals surface area contributed by atoms with Gasteiger partial charge < -0.3 is 26.3 Å². The van der Waals surface area contributed by atoms with Crippen LogP contribution in [0.1, 0.15) is 39.0 Å². The second-order valence-electron chi connectivity index (χ2n) is 6.50. The highest BCUT2D eigenvalue weighted by atomic mass is 32.1. The lowest BCUT2D eigenvalue weighted by Gasteiger charge is -2.34. The number of aliphatic carboxylic acids is 1. The van der Waals surface area contributed by atoms with E-state index in [4.69, 9.17) is 16.2 Å². The van der Waals surface area contributed by atoms with Gasteiger partial charge in [-0.3, -0.25) is 4.99 Å². The number of fused-ring (bicyclic) bond motifs is 1. The number of carboxylic acid groups (broad SMARTS) is 1. The number of imidazole rings is 1. The van der Waals surface area contributed by atoms with Crippen molar-refractivity contribution in [2.45, 2.75) is 43.9 Å². The molecular formula is C17H26N8O4S. The molecule has 0 radical (unpaired) electrons. The average molecular weight is 439 g/mol. The Morgan fingerprint density at radius 1 is 1.33 bits per heavy atom. The number of aromatic amines is 1. The molecule has 0 unspecified atom stereocenters. The van der Waals surface area contributed by atoms with Gasteiger partial charge >= 0.3 is 12.1 Å². The molecule has 30 heavy (non-hydrogen) atoms. The van der Waals surface area contributed by atoms with E-state index in [2.05, 4.69) is 37.6 Å². The topological polar surface area (TPSA) is 186 Å². The van der Waals surface area contributed by atoms with Crippen LogP contribution in [0.3, 0.4) is 0 Å². The van der Waals surface area contributed by atoms with E-state index in [1.165, 1.54) is 12.5 Å². The van der Waals surface area contributed by atoms with Gasteiger partial charge in [0.05, 0.1) is 19.1 Å². The molecule has 0 aromatic carbocycles. The van der Waals surface area contributed by atoms with Crippen LogP contribution in [0.2, 0.25) is 0 Å². The predicted molar refractivity (Wildman–Crippen MR) is 114 cm³/mol. The number of carbonyl (C=O) groups is 2. The van der Waals surface area contributed by atoms with E-state index in [1.807, 2.05) is 6.92 Å². The van der Waals surface area contributed by atoms with E-state index >= 15 is 0 Å². The molecule has 0 saturated heterocycles. The smallest absolute Gasteiger partial charge is 0.418 e. The minimum absolute atomic E-state index is 0.0890. The van der Waals surface area contributed by atoms with Crippen LogP contribution in [0, 0.1) is 0 Å². The third-order valence-electron chi connectivity index (χ3n) is 4.21. The van der Waals surface area contributed by atoms with E-state index in [0.717, 1.165) is 17.7 Å². The normalized spacial score (nSPS) is 12.9. The first-order valence-electron chi connectivity index (χ1n) is 9.44. The maximum atomic E-state index is 12.9. The summed E-state index contributed by atoms with van der Waals surface area (Å²) in [6.07, 6.45) is 4.50. The zero-order valence-corrected chi connectivity index (χ0v) is 17.5. The van der Waals surface area contributed by atoms with Gasteiger partial charge in [-0.05, 0) is 19.3 Å². The number of rotatable bonds is 11. The number of thiol groups is 1. The van der Waals surface area contributed by atoms with Gasteiger partial charge in [0.15, 0.2) is 16.5 Å². The summed E-state index contributed by atoms with van der Waals surface area (Å²) in [5.74, 6) is -1.67. The van der Waals surface area contributed by atoms with Crippen molar-refractivity contribution in [3.8, 4) is 0 Å². The SMILES string of the molecule is CCCCCOC(=O)N(c1ncc2[nH]cnc2n1)[C@](S)(CCCN=C(N)N)C(=O)O. The summed E-state index contributed by atoms with van der Waals surface area (Å²) in [6.45, 7) is 2.31. The molecule has 2 heterocycles. The van der Waals surface area contributed by atoms with Gasteiger partial charge in [-0.2, -0.15) is 4.98 Å². The molecular weight excluding hydrogens is 412 g/mol. The number of ether oxygens (including phenoxy) is 1. The monoisotopic (exact) mass is 438 g/mol. The van der Waals surface area contributed by atoms with E-state index < -0.39 is 16.9 Å². The molecule has 0 bridgehead atoms. The summed E-state index contributed by atoms with van der Waals surface area (Å²) < 4.78 is 5.29. The molecule has 0 spiro atoms. The number of hydrogen-bond donors (Lipinski definition) is 5. The Balaban J connectivity index is 2.36. The van der Waals surface area contributed by atoms with Crippen LogP contribution in [-0.4, -0.2) is 61.1 Å². The molecule has 0 fully saturated rings. The second-order valence-corrected chi connectivity index (χ2v) is 7.24. The zero-order chi connectivity index (χ0) is 22.1. The van der Waals surface area contributed by atoms with Crippen LogP contribution in [0.5, 0.6) is 0 Å². The number of carboxylic acids is 1. The highest BCUT2D eigenvalue weighted by Crippen LogP contribution is 2.31. The number of aliphatic imine (C=N–C) groups is 1. The van der Waals surface area contributed by atoms with Crippen LogP contribution in [0.25, 0.3) is 11.2 Å². The molecule has 0 aliphatic heterocycles. The van der Waals surface area contributed by atoms with Crippen molar-refractivity contribution in [1.82, 2.24) is 19.9 Å². The van der Waals surface area contributed by atoms with Crippen molar-refractivity contribution >= 4 is 47.8 Å². The number of H-pyrrole nitrogens is 1. The molecule has 164 valence electrons.